The smallest absolute Gasteiger partial charge is 0.0646 e. The maximum atomic E-state index is 6.27. The van der Waals surface area contributed by atoms with E-state index >= 15 is 0 Å². The molecule has 18 heavy (non-hydrogen) atoms. The van der Waals surface area contributed by atoms with E-state index in [0.717, 1.165) is 18.6 Å². The summed E-state index contributed by atoms with van der Waals surface area (Å²) in [5, 5.41) is 0. The summed E-state index contributed by atoms with van der Waals surface area (Å²) in [5.74, 6) is 0. The first-order chi connectivity index (χ1) is 8.70. The number of nitrogens with two attached hydrogens (primary N) is 1. The number of benzene rings is 1. The monoisotopic (exact) mass is 261 g/mol. The SMILES string of the molecule is COCCc1ccc(C(N)c2ccc(C)s2)cc1. The lowest BCUT2D eigenvalue weighted by Gasteiger charge is -2.10. The summed E-state index contributed by atoms with van der Waals surface area (Å²) in [5.41, 5.74) is 8.72. The van der Waals surface area contributed by atoms with Crippen molar-refractivity contribution in [2.75, 3.05) is 13.7 Å². The van der Waals surface area contributed by atoms with Gasteiger partial charge in [0.25, 0.3) is 0 Å². The van der Waals surface area contributed by atoms with E-state index in [0.29, 0.717) is 0 Å². The summed E-state index contributed by atoms with van der Waals surface area (Å²) in [6.07, 6.45) is 0.949. The fourth-order valence-electron chi connectivity index (χ4n) is 1.90. The van der Waals surface area contributed by atoms with Crippen molar-refractivity contribution < 1.29 is 4.74 Å². The lowest BCUT2D eigenvalue weighted by atomic mass is 10.0. The molecule has 0 aliphatic carbocycles. The molecule has 1 atom stereocenters. The van der Waals surface area contributed by atoms with Gasteiger partial charge in [-0.2, -0.15) is 0 Å². The largest absolute Gasteiger partial charge is 0.384 e. The fourth-order valence-corrected chi connectivity index (χ4v) is 2.80. The van der Waals surface area contributed by atoms with E-state index in [1.807, 2.05) is 0 Å². The number of ether oxygens (including phenoxy) is 1. The Bertz CT molecular complexity index is 489. The van der Waals surface area contributed by atoms with Crippen molar-refractivity contribution in [3.8, 4) is 0 Å². The molecule has 2 nitrogen and oxygen atoms in total. The van der Waals surface area contributed by atoms with Gasteiger partial charge in [0.2, 0.25) is 0 Å². The van der Waals surface area contributed by atoms with E-state index in [4.69, 9.17) is 10.5 Å². The Kier molecular flexibility index (Phi) is 4.53. The highest BCUT2D eigenvalue weighted by atomic mass is 32.1. The van der Waals surface area contributed by atoms with Crippen LogP contribution in [0.2, 0.25) is 0 Å². The number of methoxy groups -OCH3 is 1. The standard InChI is InChI=1S/C15H19NOS/c1-11-3-8-14(18-11)15(16)13-6-4-12(5-7-13)9-10-17-2/h3-8,15H,9-10,16H2,1-2H3. The van der Waals surface area contributed by atoms with Gasteiger partial charge in [-0.3, -0.25) is 0 Å². The van der Waals surface area contributed by atoms with E-state index in [1.165, 1.54) is 15.3 Å². The van der Waals surface area contributed by atoms with Gasteiger partial charge < -0.3 is 10.5 Å². The molecule has 1 heterocycles. The Hall–Kier alpha value is -1.16. The fraction of sp³-hybridized carbons (Fsp3) is 0.333. The first-order valence-electron chi connectivity index (χ1n) is 6.10. The zero-order chi connectivity index (χ0) is 13.0. The van der Waals surface area contributed by atoms with E-state index in [9.17, 15) is 0 Å². The quantitative estimate of drug-likeness (QED) is 0.896. The third-order valence-electron chi connectivity index (χ3n) is 3.00. The molecule has 1 aromatic heterocycles. The van der Waals surface area contributed by atoms with E-state index in [2.05, 4.69) is 43.3 Å². The molecule has 0 aliphatic rings. The topological polar surface area (TPSA) is 35.2 Å². The highest BCUT2D eigenvalue weighted by molar-refractivity contribution is 7.12. The number of rotatable bonds is 5. The van der Waals surface area contributed by atoms with Gasteiger partial charge >= 0.3 is 0 Å². The lowest BCUT2D eigenvalue weighted by molar-refractivity contribution is 0.202. The van der Waals surface area contributed by atoms with Crippen molar-refractivity contribution in [2.24, 2.45) is 5.73 Å². The number of aryl methyl sites for hydroxylation is 1. The average Bonchev–Trinajstić information content (AvgIpc) is 2.83. The summed E-state index contributed by atoms with van der Waals surface area (Å²) in [6.45, 7) is 2.87. The zero-order valence-electron chi connectivity index (χ0n) is 10.8. The molecule has 96 valence electrons. The summed E-state index contributed by atoms with van der Waals surface area (Å²) in [7, 11) is 1.73. The molecule has 0 aliphatic heterocycles. The number of hydrogen-bond donors (Lipinski definition) is 1. The summed E-state index contributed by atoms with van der Waals surface area (Å²) in [4.78, 5) is 2.52. The normalized spacial score (nSPS) is 12.6. The third-order valence-corrected chi connectivity index (χ3v) is 4.09. The molecule has 2 N–H and O–H groups in total. The molecule has 3 heteroatoms. The van der Waals surface area contributed by atoms with E-state index in [1.54, 1.807) is 18.4 Å². The van der Waals surface area contributed by atoms with Crippen LogP contribution in [0, 0.1) is 6.92 Å². The molecule has 0 radical (unpaired) electrons. The van der Waals surface area contributed by atoms with Crippen LogP contribution >= 0.6 is 11.3 Å². The van der Waals surface area contributed by atoms with Crippen molar-refractivity contribution in [3.05, 3.63) is 57.3 Å². The van der Waals surface area contributed by atoms with Crippen molar-refractivity contribution >= 4 is 11.3 Å². The summed E-state index contributed by atoms with van der Waals surface area (Å²) < 4.78 is 5.07. The van der Waals surface area contributed by atoms with Crippen molar-refractivity contribution in [1.82, 2.24) is 0 Å². The van der Waals surface area contributed by atoms with Crippen LogP contribution in [-0.4, -0.2) is 13.7 Å². The van der Waals surface area contributed by atoms with Crippen LogP contribution in [0.1, 0.15) is 26.9 Å². The van der Waals surface area contributed by atoms with Gasteiger partial charge in [-0.1, -0.05) is 24.3 Å². The van der Waals surface area contributed by atoms with Crippen LogP contribution in [0.5, 0.6) is 0 Å². The molecule has 0 saturated carbocycles. The second kappa shape index (κ2) is 6.14. The maximum absolute atomic E-state index is 6.27. The Labute approximate surface area is 112 Å². The molecular weight excluding hydrogens is 242 g/mol. The van der Waals surface area contributed by atoms with Crippen molar-refractivity contribution in [1.29, 1.82) is 0 Å². The van der Waals surface area contributed by atoms with Crippen LogP contribution in [0.15, 0.2) is 36.4 Å². The predicted molar refractivity (Wildman–Crippen MR) is 77.1 cm³/mol. The van der Waals surface area contributed by atoms with Crippen LogP contribution < -0.4 is 5.73 Å². The predicted octanol–water partition coefficient (Wildman–Crippen LogP) is 3.29. The third kappa shape index (κ3) is 3.19. The molecule has 0 spiro atoms. The van der Waals surface area contributed by atoms with Crippen LogP contribution in [0.4, 0.5) is 0 Å². The van der Waals surface area contributed by atoms with Crippen molar-refractivity contribution in [3.63, 3.8) is 0 Å². The first kappa shape index (κ1) is 13.3. The van der Waals surface area contributed by atoms with Gasteiger partial charge in [-0.15, -0.1) is 11.3 Å². The number of hydrogen-bond acceptors (Lipinski definition) is 3. The molecule has 2 rings (SSSR count). The molecule has 0 amide bonds. The second-order valence-corrected chi connectivity index (χ2v) is 5.73. The Balaban J connectivity index is 2.09. The Morgan fingerprint density at radius 1 is 1.17 bits per heavy atom. The molecule has 0 saturated heterocycles. The van der Waals surface area contributed by atoms with E-state index < -0.39 is 0 Å². The van der Waals surface area contributed by atoms with E-state index in [-0.39, 0.29) is 6.04 Å². The minimum atomic E-state index is -0.0137. The number of thiophene rings is 1. The van der Waals surface area contributed by atoms with Gasteiger partial charge in [0.1, 0.15) is 0 Å². The molecular formula is C15H19NOS. The van der Waals surface area contributed by atoms with Crippen LogP contribution in [0.25, 0.3) is 0 Å². The lowest BCUT2D eigenvalue weighted by Crippen LogP contribution is -2.10. The van der Waals surface area contributed by atoms with Crippen molar-refractivity contribution in [2.45, 2.75) is 19.4 Å². The minimum Gasteiger partial charge on any atom is -0.384 e. The summed E-state index contributed by atoms with van der Waals surface area (Å²) >= 11 is 1.76. The molecule has 1 unspecified atom stereocenters. The molecule has 0 fully saturated rings. The zero-order valence-corrected chi connectivity index (χ0v) is 11.7. The van der Waals surface area contributed by atoms with Gasteiger partial charge in [0, 0.05) is 16.9 Å². The van der Waals surface area contributed by atoms with Crippen LogP contribution in [-0.2, 0) is 11.2 Å². The maximum Gasteiger partial charge on any atom is 0.0646 e. The molecule has 1 aromatic carbocycles. The summed E-state index contributed by atoms with van der Waals surface area (Å²) in [6, 6.07) is 12.7. The first-order valence-corrected chi connectivity index (χ1v) is 6.92. The highest BCUT2D eigenvalue weighted by Gasteiger charge is 2.10. The van der Waals surface area contributed by atoms with Gasteiger partial charge in [-0.25, -0.2) is 0 Å². The second-order valence-electron chi connectivity index (χ2n) is 4.41. The van der Waals surface area contributed by atoms with Gasteiger partial charge in [0.15, 0.2) is 0 Å². The average molecular weight is 261 g/mol. The highest BCUT2D eigenvalue weighted by Crippen LogP contribution is 2.26. The van der Waals surface area contributed by atoms with Gasteiger partial charge in [0.05, 0.1) is 12.6 Å². The minimum absolute atomic E-state index is 0.0137. The Morgan fingerprint density at radius 2 is 1.89 bits per heavy atom. The Morgan fingerprint density at radius 3 is 2.44 bits per heavy atom. The molecule has 2 aromatic rings. The van der Waals surface area contributed by atoms with Gasteiger partial charge in [-0.05, 0) is 36.6 Å². The molecule has 0 bridgehead atoms. The van der Waals surface area contributed by atoms with Crippen LogP contribution in [0.3, 0.4) is 0 Å².